The molecule has 6 heteroatoms. The predicted octanol–water partition coefficient (Wildman–Crippen LogP) is 3.58. The van der Waals surface area contributed by atoms with Crippen molar-refractivity contribution in [3.8, 4) is 22.9 Å². The Bertz CT molecular complexity index is 804. The molecule has 0 aliphatic rings. The molecule has 0 saturated carbocycles. The van der Waals surface area contributed by atoms with Gasteiger partial charge in [-0.05, 0) is 32.0 Å². The number of benzene rings is 1. The number of imidazole rings is 1. The van der Waals surface area contributed by atoms with Crippen molar-refractivity contribution in [3.63, 3.8) is 0 Å². The lowest BCUT2D eigenvalue weighted by molar-refractivity contribution is 0.373. The summed E-state index contributed by atoms with van der Waals surface area (Å²) in [6.45, 7) is 4.94. The molecular weight excluding hydrogens is 310 g/mol. The number of aryl methyl sites for hydroxylation is 4. The Labute approximate surface area is 139 Å². The van der Waals surface area contributed by atoms with E-state index in [9.17, 15) is 5.11 Å². The molecule has 120 valence electrons. The lowest BCUT2D eigenvalue weighted by Crippen LogP contribution is -2.02. The zero-order valence-corrected chi connectivity index (χ0v) is 14.2. The molecule has 0 amide bonds. The smallest absolute Gasteiger partial charge is 0.160 e. The van der Waals surface area contributed by atoms with Gasteiger partial charge in [0.05, 0.1) is 17.8 Å². The first-order valence-electron chi connectivity index (χ1n) is 7.40. The molecule has 0 aliphatic carbocycles. The summed E-state index contributed by atoms with van der Waals surface area (Å²) in [5, 5.41) is 11.1. The molecule has 2 aromatic heterocycles. The van der Waals surface area contributed by atoms with Crippen molar-refractivity contribution >= 4 is 11.3 Å². The summed E-state index contributed by atoms with van der Waals surface area (Å²) in [5.74, 6) is 1.40. The Morgan fingerprint density at radius 3 is 2.78 bits per heavy atom. The summed E-state index contributed by atoms with van der Waals surface area (Å²) in [5.41, 5.74) is 1.97. The van der Waals surface area contributed by atoms with Gasteiger partial charge in [-0.15, -0.1) is 11.3 Å². The number of phenols is 1. The summed E-state index contributed by atoms with van der Waals surface area (Å²) in [4.78, 5) is 10.3. The van der Waals surface area contributed by atoms with Gasteiger partial charge in [0, 0.05) is 35.8 Å². The highest BCUT2D eigenvalue weighted by atomic mass is 32.1. The fourth-order valence-corrected chi connectivity index (χ4v) is 3.36. The molecule has 0 aliphatic heterocycles. The molecular formula is C17H19N3O2S. The van der Waals surface area contributed by atoms with Gasteiger partial charge < -0.3 is 14.4 Å². The molecule has 5 nitrogen and oxygen atoms in total. The molecule has 23 heavy (non-hydrogen) atoms. The second-order valence-electron chi connectivity index (χ2n) is 5.33. The number of rotatable bonds is 5. The number of aromatic hydroxyl groups is 1. The van der Waals surface area contributed by atoms with Gasteiger partial charge >= 0.3 is 0 Å². The molecule has 0 unspecified atom stereocenters. The zero-order chi connectivity index (χ0) is 16.4. The number of phenolic OH excluding ortho intramolecular Hbond substituents is 1. The average Bonchev–Trinajstić information content (AvgIpc) is 3.12. The van der Waals surface area contributed by atoms with E-state index in [1.165, 1.54) is 12.0 Å². The first kappa shape index (κ1) is 15.6. The van der Waals surface area contributed by atoms with E-state index in [-0.39, 0.29) is 5.75 Å². The van der Waals surface area contributed by atoms with Crippen molar-refractivity contribution in [2.75, 3.05) is 7.11 Å². The summed E-state index contributed by atoms with van der Waals surface area (Å²) in [7, 11) is 1.54. The minimum absolute atomic E-state index is 0.116. The zero-order valence-electron chi connectivity index (χ0n) is 13.4. The van der Waals surface area contributed by atoms with Crippen LogP contribution in [0.4, 0.5) is 0 Å². The van der Waals surface area contributed by atoms with E-state index in [1.807, 2.05) is 19.2 Å². The summed E-state index contributed by atoms with van der Waals surface area (Å²) >= 11 is 1.74. The van der Waals surface area contributed by atoms with Crippen molar-refractivity contribution in [1.82, 2.24) is 14.5 Å². The Balaban J connectivity index is 1.80. The lowest BCUT2D eigenvalue weighted by atomic mass is 10.2. The molecule has 0 radical (unpaired) electrons. The van der Waals surface area contributed by atoms with Crippen LogP contribution in [0.3, 0.4) is 0 Å². The van der Waals surface area contributed by atoms with Crippen molar-refractivity contribution in [2.45, 2.75) is 26.8 Å². The topological polar surface area (TPSA) is 60.2 Å². The Kier molecular flexibility index (Phi) is 4.34. The highest BCUT2D eigenvalue weighted by molar-refractivity contribution is 7.11. The summed E-state index contributed by atoms with van der Waals surface area (Å²) < 4.78 is 7.16. The van der Waals surface area contributed by atoms with Crippen LogP contribution in [0.5, 0.6) is 11.5 Å². The molecule has 1 N–H and O–H groups in total. The van der Waals surface area contributed by atoms with E-state index >= 15 is 0 Å². The Morgan fingerprint density at radius 2 is 2.13 bits per heavy atom. The van der Waals surface area contributed by atoms with Gasteiger partial charge in [0.25, 0.3) is 0 Å². The van der Waals surface area contributed by atoms with Gasteiger partial charge in [0.2, 0.25) is 0 Å². The van der Waals surface area contributed by atoms with E-state index in [0.29, 0.717) is 5.75 Å². The first-order chi connectivity index (χ1) is 11.1. The molecule has 0 fully saturated rings. The number of nitrogens with zero attached hydrogens (tertiary/aromatic N) is 3. The number of hydrogen-bond donors (Lipinski definition) is 1. The number of aromatic nitrogens is 3. The van der Waals surface area contributed by atoms with Crippen LogP contribution in [0.1, 0.15) is 15.6 Å². The van der Waals surface area contributed by atoms with Gasteiger partial charge in [0.1, 0.15) is 5.82 Å². The van der Waals surface area contributed by atoms with Gasteiger partial charge in [-0.2, -0.15) is 0 Å². The van der Waals surface area contributed by atoms with E-state index in [4.69, 9.17) is 4.74 Å². The maximum absolute atomic E-state index is 9.95. The van der Waals surface area contributed by atoms with E-state index in [1.54, 1.807) is 29.7 Å². The fraction of sp³-hybridized carbons (Fsp3) is 0.294. The van der Waals surface area contributed by atoms with Crippen LogP contribution in [0.15, 0.2) is 30.6 Å². The minimum atomic E-state index is 0.116. The van der Waals surface area contributed by atoms with Crippen molar-refractivity contribution < 1.29 is 9.84 Å². The van der Waals surface area contributed by atoms with Crippen LogP contribution in [0, 0.1) is 13.8 Å². The van der Waals surface area contributed by atoms with Gasteiger partial charge in [-0.25, -0.2) is 9.97 Å². The Hall–Kier alpha value is -2.34. The van der Waals surface area contributed by atoms with Crippen molar-refractivity contribution in [1.29, 1.82) is 0 Å². The molecule has 0 saturated heterocycles. The van der Waals surface area contributed by atoms with E-state index in [2.05, 4.69) is 21.5 Å². The minimum Gasteiger partial charge on any atom is -0.504 e. The summed E-state index contributed by atoms with van der Waals surface area (Å²) in [6.07, 6.45) is 4.59. The number of hydrogen-bond acceptors (Lipinski definition) is 5. The third kappa shape index (κ3) is 3.22. The molecule has 0 spiro atoms. The van der Waals surface area contributed by atoms with Crippen molar-refractivity contribution in [3.05, 3.63) is 46.2 Å². The number of ether oxygens (including phenoxy) is 1. The quantitative estimate of drug-likeness (QED) is 0.777. The summed E-state index contributed by atoms with van der Waals surface area (Å²) in [6, 6.07) is 5.32. The predicted molar refractivity (Wildman–Crippen MR) is 91.2 cm³/mol. The number of thiazole rings is 1. The maximum Gasteiger partial charge on any atom is 0.160 e. The monoisotopic (exact) mass is 329 g/mol. The van der Waals surface area contributed by atoms with Crippen LogP contribution in [-0.2, 0) is 13.0 Å². The largest absolute Gasteiger partial charge is 0.504 e. The van der Waals surface area contributed by atoms with Crippen LogP contribution in [-0.4, -0.2) is 26.8 Å². The maximum atomic E-state index is 9.95. The molecule has 0 bridgehead atoms. The third-order valence-corrected chi connectivity index (χ3v) is 4.92. The normalized spacial score (nSPS) is 10.9. The Morgan fingerprint density at radius 1 is 1.30 bits per heavy atom. The molecule has 3 aromatic rings. The average molecular weight is 329 g/mol. The lowest BCUT2D eigenvalue weighted by Gasteiger charge is -2.09. The second kappa shape index (κ2) is 6.42. The first-order valence-corrected chi connectivity index (χ1v) is 8.21. The third-order valence-electron chi connectivity index (χ3n) is 3.79. The van der Waals surface area contributed by atoms with Gasteiger partial charge in [-0.3, -0.25) is 0 Å². The van der Waals surface area contributed by atoms with Crippen LogP contribution in [0.25, 0.3) is 11.4 Å². The molecule has 2 heterocycles. The molecule has 3 rings (SSSR count). The fourth-order valence-electron chi connectivity index (χ4n) is 2.44. The van der Waals surface area contributed by atoms with Crippen LogP contribution in [0.2, 0.25) is 0 Å². The molecule has 1 aromatic carbocycles. The standard InChI is InChI=1S/C17H19N3O2S/c1-11-12(2)23-16(19-11)6-8-20-9-7-18-17(20)13-4-5-15(22-3)14(21)10-13/h4-5,7,9-10,21H,6,8H2,1-3H3. The van der Waals surface area contributed by atoms with Crippen LogP contribution < -0.4 is 4.74 Å². The van der Waals surface area contributed by atoms with Crippen LogP contribution >= 0.6 is 11.3 Å². The SMILES string of the molecule is COc1ccc(-c2nccn2CCc2nc(C)c(C)s2)cc1O. The molecule has 0 atom stereocenters. The second-order valence-corrected chi connectivity index (χ2v) is 6.62. The van der Waals surface area contributed by atoms with Gasteiger partial charge in [-0.1, -0.05) is 0 Å². The van der Waals surface area contributed by atoms with E-state index in [0.717, 1.165) is 35.1 Å². The number of methoxy groups -OCH3 is 1. The highest BCUT2D eigenvalue weighted by Crippen LogP contribution is 2.30. The highest BCUT2D eigenvalue weighted by Gasteiger charge is 2.10. The van der Waals surface area contributed by atoms with Gasteiger partial charge in [0.15, 0.2) is 11.5 Å². The van der Waals surface area contributed by atoms with E-state index < -0.39 is 0 Å². The van der Waals surface area contributed by atoms with Crippen molar-refractivity contribution in [2.24, 2.45) is 0 Å².